The number of benzene rings is 1. The Hall–Kier alpha value is -1.97. The van der Waals surface area contributed by atoms with Gasteiger partial charge in [0.25, 0.3) is 0 Å². The minimum absolute atomic E-state index is 0.127. The van der Waals surface area contributed by atoms with Gasteiger partial charge in [-0.15, -0.1) is 21.5 Å². The third-order valence-corrected chi connectivity index (χ3v) is 5.57. The van der Waals surface area contributed by atoms with Gasteiger partial charge in [0.05, 0.1) is 10.9 Å². The van der Waals surface area contributed by atoms with Crippen molar-refractivity contribution in [1.82, 2.24) is 15.2 Å². The summed E-state index contributed by atoms with van der Waals surface area (Å²) in [6.45, 7) is 1.81. The Bertz CT molecular complexity index is 802. The molecule has 0 fully saturated rings. The van der Waals surface area contributed by atoms with Gasteiger partial charge in [0.15, 0.2) is 9.47 Å². The Morgan fingerprint density at radius 2 is 2.09 bits per heavy atom. The van der Waals surface area contributed by atoms with Crippen LogP contribution in [0.2, 0.25) is 0 Å². The molecule has 1 aromatic carbocycles. The largest absolute Gasteiger partial charge is 0.374 e. The number of nitrogens with two attached hydrogens (primary N) is 1. The molecular weight excluding hydrogens is 350 g/mol. The highest BCUT2D eigenvalue weighted by atomic mass is 32.2. The summed E-state index contributed by atoms with van der Waals surface area (Å²) in [5.74, 6) is -0.127. The van der Waals surface area contributed by atoms with E-state index in [2.05, 4.69) is 20.5 Å². The second-order valence-electron chi connectivity index (χ2n) is 4.56. The van der Waals surface area contributed by atoms with E-state index in [0.29, 0.717) is 14.6 Å². The Balaban J connectivity index is 1.63. The van der Waals surface area contributed by atoms with Gasteiger partial charge < -0.3 is 11.1 Å². The van der Waals surface area contributed by atoms with Gasteiger partial charge in [-0.3, -0.25) is 4.79 Å². The molecule has 1 unspecified atom stereocenters. The predicted octanol–water partition coefficient (Wildman–Crippen LogP) is 3.36. The van der Waals surface area contributed by atoms with Crippen molar-refractivity contribution in [2.24, 2.45) is 0 Å². The third-order valence-electron chi connectivity index (χ3n) is 2.87. The van der Waals surface area contributed by atoms with E-state index < -0.39 is 0 Å². The summed E-state index contributed by atoms with van der Waals surface area (Å²) in [7, 11) is 0. The van der Waals surface area contributed by atoms with E-state index in [1.165, 1.54) is 34.4 Å². The number of hydrogen-bond acceptors (Lipinski definition) is 8. The highest BCUT2D eigenvalue weighted by Gasteiger charge is 2.18. The molecule has 0 aliphatic rings. The molecule has 0 saturated carbocycles. The molecule has 6 nitrogen and oxygen atoms in total. The standard InChI is InChI=1S/C14H13N5OS3/c1-8(22-14-19-18-12(15)23-14)11(20)17-13-16-10(7-21-13)9-5-3-2-4-6-9/h2-8H,1H3,(H2,15,18)(H,16,17,20). The third kappa shape index (κ3) is 4.06. The van der Waals surface area contributed by atoms with Gasteiger partial charge in [0, 0.05) is 10.9 Å². The molecule has 0 aliphatic heterocycles. The lowest BCUT2D eigenvalue weighted by molar-refractivity contribution is -0.115. The number of thiazole rings is 1. The van der Waals surface area contributed by atoms with Crippen LogP contribution < -0.4 is 11.1 Å². The number of nitrogens with zero attached hydrogens (tertiary/aromatic N) is 3. The molecule has 1 amide bonds. The summed E-state index contributed by atoms with van der Waals surface area (Å²) in [4.78, 5) is 16.7. The van der Waals surface area contributed by atoms with Gasteiger partial charge in [-0.25, -0.2) is 4.98 Å². The van der Waals surface area contributed by atoms with Crippen molar-refractivity contribution in [1.29, 1.82) is 0 Å². The fraction of sp³-hybridized carbons (Fsp3) is 0.143. The molecule has 3 aromatic rings. The Morgan fingerprint density at radius 1 is 1.30 bits per heavy atom. The van der Waals surface area contributed by atoms with Gasteiger partial charge in [-0.2, -0.15) is 0 Å². The number of nitrogens with one attached hydrogen (secondary N) is 1. The molecule has 0 saturated heterocycles. The number of carbonyl (C=O) groups excluding carboxylic acids is 1. The molecule has 2 aromatic heterocycles. The number of hydrogen-bond donors (Lipinski definition) is 2. The first-order valence-corrected chi connectivity index (χ1v) is 9.27. The van der Waals surface area contributed by atoms with E-state index in [1.54, 1.807) is 0 Å². The van der Waals surface area contributed by atoms with Crippen LogP contribution >= 0.6 is 34.4 Å². The van der Waals surface area contributed by atoms with Crippen LogP contribution in [-0.4, -0.2) is 26.3 Å². The molecular formula is C14H13N5OS3. The number of rotatable bonds is 5. The van der Waals surface area contributed by atoms with Gasteiger partial charge in [-0.05, 0) is 6.92 Å². The van der Waals surface area contributed by atoms with Crippen molar-refractivity contribution in [3.8, 4) is 11.3 Å². The number of nitrogen functional groups attached to an aromatic ring is 1. The maximum Gasteiger partial charge on any atom is 0.239 e. The SMILES string of the molecule is CC(Sc1nnc(N)s1)C(=O)Nc1nc(-c2ccccc2)cs1. The van der Waals surface area contributed by atoms with Crippen molar-refractivity contribution in [3.05, 3.63) is 35.7 Å². The van der Waals surface area contributed by atoms with Crippen molar-refractivity contribution in [3.63, 3.8) is 0 Å². The summed E-state index contributed by atoms with van der Waals surface area (Å²) in [5, 5.41) is 13.1. The first-order valence-electron chi connectivity index (χ1n) is 6.69. The van der Waals surface area contributed by atoms with Crippen LogP contribution in [0.15, 0.2) is 40.1 Å². The lowest BCUT2D eigenvalue weighted by atomic mass is 10.2. The molecule has 23 heavy (non-hydrogen) atoms. The summed E-state index contributed by atoms with van der Waals surface area (Å²) in [5.41, 5.74) is 7.41. The topological polar surface area (TPSA) is 93.8 Å². The highest BCUT2D eigenvalue weighted by Crippen LogP contribution is 2.29. The lowest BCUT2D eigenvalue weighted by Crippen LogP contribution is -2.22. The maximum absolute atomic E-state index is 12.2. The summed E-state index contributed by atoms with van der Waals surface area (Å²) < 4.78 is 0.675. The molecule has 3 rings (SSSR count). The average molecular weight is 363 g/mol. The van der Waals surface area contributed by atoms with Crippen molar-refractivity contribution in [2.45, 2.75) is 16.5 Å². The first kappa shape index (κ1) is 15.9. The monoisotopic (exact) mass is 363 g/mol. The molecule has 2 heterocycles. The van der Waals surface area contributed by atoms with E-state index in [-0.39, 0.29) is 11.2 Å². The Labute approximate surface area is 145 Å². The van der Waals surface area contributed by atoms with Crippen molar-refractivity contribution >= 4 is 50.6 Å². The van der Waals surface area contributed by atoms with Gasteiger partial charge in [0.2, 0.25) is 11.0 Å². The maximum atomic E-state index is 12.2. The number of aromatic nitrogens is 3. The molecule has 118 valence electrons. The van der Waals surface area contributed by atoms with Gasteiger partial charge in [0.1, 0.15) is 0 Å². The zero-order valence-corrected chi connectivity index (χ0v) is 14.5. The minimum atomic E-state index is -0.313. The lowest BCUT2D eigenvalue weighted by Gasteiger charge is -2.07. The Kier molecular flexibility index (Phi) is 4.89. The molecule has 0 spiro atoms. The first-order chi connectivity index (χ1) is 11.1. The zero-order chi connectivity index (χ0) is 16.2. The van der Waals surface area contributed by atoms with Crippen LogP contribution in [-0.2, 0) is 4.79 Å². The fourth-order valence-electron chi connectivity index (χ4n) is 1.75. The van der Waals surface area contributed by atoms with E-state index >= 15 is 0 Å². The molecule has 1 atom stereocenters. The van der Waals surface area contributed by atoms with Gasteiger partial charge in [-0.1, -0.05) is 53.4 Å². The van der Waals surface area contributed by atoms with Crippen molar-refractivity contribution < 1.29 is 4.79 Å². The summed E-state index contributed by atoms with van der Waals surface area (Å²) >= 11 is 3.99. The highest BCUT2D eigenvalue weighted by molar-refractivity contribution is 8.02. The quantitative estimate of drug-likeness (QED) is 0.675. The molecule has 3 N–H and O–H groups in total. The zero-order valence-electron chi connectivity index (χ0n) is 12.1. The molecule has 0 bridgehead atoms. The average Bonchev–Trinajstić information content (AvgIpc) is 3.17. The van der Waals surface area contributed by atoms with Crippen LogP contribution in [0.25, 0.3) is 11.3 Å². The number of carbonyl (C=O) groups is 1. The van der Waals surface area contributed by atoms with Crippen LogP contribution in [0.5, 0.6) is 0 Å². The Morgan fingerprint density at radius 3 is 2.78 bits per heavy atom. The minimum Gasteiger partial charge on any atom is -0.374 e. The molecule has 9 heteroatoms. The van der Waals surface area contributed by atoms with Crippen LogP contribution in [0.4, 0.5) is 10.3 Å². The number of thioether (sulfide) groups is 1. The molecule has 0 aliphatic carbocycles. The number of anilines is 2. The van der Waals surface area contributed by atoms with E-state index in [0.717, 1.165) is 11.3 Å². The van der Waals surface area contributed by atoms with Crippen LogP contribution in [0, 0.1) is 0 Å². The smallest absolute Gasteiger partial charge is 0.239 e. The van der Waals surface area contributed by atoms with E-state index in [1.807, 2.05) is 42.6 Å². The van der Waals surface area contributed by atoms with Crippen LogP contribution in [0.1, 0.15) is 6.92 Å². The second-order valence-corrected chi connectivity index (χ2v) is 8.01. The predicted molar refractivity (Wildman–Crippen MR) is 95.8 cm³/mol. The van der Waals surface area contributed by atoms with Crippen LogP contribution in [0.3, 0.4) is 0 Å². The molecule has 0 radical (unpaired) electrons. The van der Waals surface area contributed by atoms with Gasteiger partial charge >= 0.3 is 0 Å². The summed E-state index contributed by atoms with van der Waals surface area (Å²) in [6.07, 6.45) is 0. The van der Waals surface area contributed by atoms with Crippen molar-refractivity contribution in [2.75, 3.05) is 11.1 Å². The fourth-order valence-corrected chi connectivity index (χ4v) is 4.26. The van der Waals surface area contributed by atoms with E-state index in [9.17, 15) is 4.79 Å². The summed E-state index contributed by atoms with van der Waals surface area (Å²) in [6, 6.07) is 9.84. The second kappa shape index (κ2) is 7.07. The van der Waals surface area contributed by atoms with E-state index in [4.69, 9.17) is 5.73 Å². The number of amides is 1. The normalized spacial score (nSPS) is 12.0.